The van der Waals surface area contributed by atoms with Crippen LogP contribution >= 0.6 is 0 Å². The summed E-state index contributed by atoms with van der Waals surface area (Å²) in [4.78, 5) is 2.51. The molecule has 1 saturated heterocycles. The third-order valence-electron chi connectivity index (χ3n) is 3.62. The first-order valence-corrected chi connectivity index (χ1v) is 6.35. The van der Waals surface area contributed by atoms with Gasteiger partial charge in [0, 0.05) is 30.7 Å². The zero-order valence-electron chi connectivity index (χ0n) is 10.2. The van der Waals surface area contributed by atoms with E-state index in [0.29, 0.717) is 6.04 Å². The molecule has 0 amide bonds. The molecule has 0 aliphatic carbocycles. The third kappa shape index (κ3) is 1.79. The molecular formula is C15H18N2. The van der Waals surface area contributed by atoms with Gasteiger partial charge in [0.25, 0.3) is 0 Å². The summed E-state index contributed by atoms with van der Waals surface area (Å²) in [6, 6.07) is 15.9. The van der Waals surface area contributed by atoms with Crippen LogP contribution in [0, 0.1) is 0 Å². The van der Waals surface area contributed by atoms with Crippen LogP contribution in [0.5, 0.6) is 0 Å². The summed E-state index contributed by atoms with van der Waals surface area (Å²) >= 11 is 0. The Bertz CT molecular complexity index is 512. The number of nitrogens with one attached hydrogen (secondary N) is 1. The van der Waals surface area contributed by atoms with Crippen LogP contribution in [0.4, 0.5) is 5.69 Å². The predicted octanol–water partition coefficient (Wildman–Crippen LogP) is 2.64. The van der Waals surface area contributed by atoms with Crippen molar-refractivity contribution in [2.24, 2.45) is 0 Å². The minimum Gasteiger partial charge on any atom is -0.366 e. The fraction of sp³-hybridized carbons (Fsp3) is 0.333. The van der Waals surface area contributed by atoms with Gasteiger partial charge in [0.05, 0.1) is 6.04 Å². The van der Waals surface area contributed by atoms with E-state index in [1.54, 1.807) is 0 Å². The lowest BCUT2D eigenvalue weighted by molar-refractivity contribution is 0.418. The van der Waals surface area contributed by atoms with Crippen LogP contribution in [0.2, 0.25) is 0 Å². The molecule has 0 saturated carbocycles. The lowest BCUT2D eigenvalue weighted by atomic mass is 10.0. The smallest absolute Gasteiger partial charge is 0.0539 e. The van der Waals surface area contributed by atoms with E-state index in [0.717, 1.165) is 19.6 Å². The van der Waals surface area contributed by atoms with E-state index >= 15 is 0 Å². The number of rotatable bonds is 3. The van der Waals surface area contributed by atoms with Gasteiger partial charge in [-0.15, -0.1) is 0 Å². The maximum atomic E-state index is 3.35. The van der Waals surface area contributed by atoms with Gasteiger partial charge in [-0.25, -0.2) is 0 Å². The highest BCUT2D eigenvalue weighted by Gasteiger charge is 2.24. The molecule has 2 nitrogen and oxygen atoms in total. The van der Waals surface area contributed by atoms with Gasteiger partial charge in [-0.2, -0.15) is 0 Å². The van der Waals surface area contributed by atoms with Gasteiger partial charge in [0.2, 0.25) is 0 Å². The largest absolute Gasteiger partial charge is 0.366 e. The molecule has 1 aliphatic rings. The molecule has 1 heterocycles. The molecular weight excluding hydrogens is 208 g/mol. The van der Waals surface area contributed by atoms with Crippen LogP contribution in [-0.4, -0.2) is 25.7 Å². The van der Waals surface area contributed by atoms with Crippen LogP contribution in [0.15, 0.2) is 42.5 Å². The van der Waals surface area contributed by atoms with E-state index < -0.39 is 0 Å². The minimum absolute atomic E-state index is 0.658. The fourth-order valence-electron chi connectivity index (χ4n) is 2.58. The highest BCUT2D eigenvalue weighted by Crippen LogP contribution is 2.28. The summed E-state index contributed by atoms with van der Waals surface area (Å²) in [5.74, 6) is 0. The Labute approximate surface area is 102 Å². The Hall–Kier alpha value is -1.54. The number of hydrogen-bond acceptors (Lipinski definition) is 2. The number of hydrogen-bond donors (Lipinski definition) is 1. The standard InChI is InChI=1S/C15H18N2/c1-2-17(13-10-16-11-13)15-9-5-7-12-6-3-4-8-14(12)15/h3-9,13,16H,2,10-11H2,1H3. The maximum absolute atomic E-state index is 3.35. The van der Waals surface area contributed by atoms with Gasteiger partial charge in [-0.1, -0.05) is 36.4 Å². The van der Waals surface area contributed by atoms with Crippen molar-refractivity contribution in [1.29, 1.82) is 0 Å². The molecule has 0 unspecified atom stereocenters. The monoisotopic (exact) mass is 226 g/mol. The van der Waals surface area contributed by atoms with E-state index in [1.165, 1.54) is 16.5 Å². The number of fused-ring (bicyclic) bond motifs is 1. The lowest BCUT2D eigenvalue weighted by Crippen LogP contribution is -2.57. The second-order valence-electron chi connectivity index (χ2n) is 4.60. The first-order valence-electron chi connectivity index (χ1n) is 6.35. The zero-order chi connectivity index (χ0) is 11.7. The summed E-state index contributed by atoms with van der Waals surface area (Å²) in [7, 11) is 0. The summed E-state index contributed by atoms with van der Waals surface area (Å²) in [6.07, 6.45) is 0. The summed E-state index contributed by atoms with van der Waals surface area (Å²) in [6.45, 7) is 5.52. The van der Waals surface area contributed by atoms with Crippen molar-refractivity contribution in [3.05, 3.63) is 42.5 Å². The quantitative estimate of drug-likeness (QED) is 0.865. The molecule has 0 bridgehead atoms. The highest BCUT2D eigenvalue weighted by atomic mass is 15.2. The number of nitrogens with zero attached hydrogens (tertiary/aromatic N) is 1. The molecule has 0 radical (unpaired) electrons. The fourth-order valence-corrected chi connectivity index (χ4v) is 2.58. The molecule has 0 atom stereocenters. The molecule has 2 aromatic carbocycles. The second-order valence-corrected chi connectivity index (χ2v) is 4.60. The number of benzene rings is 2. The van der Waals surface area contributed by atoms with Crippen molar-refractivity contribution in [3.8, 4) is 0 Å². The molecule has 1 fully saturated rings. The minimum atomic E-state index is 0.658. The zero-order valence-corrected chi connectivity index (χ0v) is 10.2. The Balaban J connectivity index is 2.08. The van der Waals surface area contributed by atoms with Gasteiger partial charge in [0.15, 0.2) is 0 Å². The molecule has 2 aromatic rings. The Morgan fingerprint density at radius 2 is 1.88 bits per heavy atom. The van der Waals surface area contributed by atoms with Crippen LogP contribution in [-0.2, 0) is 0 Å². The molecule has 3 rings (SSSR count). The third-order valence-corrected chi connectivity index (χ3v) is 3.62. The van der Waals surface area contributed by atoms with Crippen molar-refractivity contribution >= 4 is 16.5 Å². The van der Waals surface area contributed by atoms with E-state index in [-0.39, 0.29) is 0 Å². The molecule has 0 spiro atoms. The maximum Gasteiger partial charge on any atom is 0.0539 e. The molecule has 1 N–H and O–H groups in total. The van der Waals surface area contributed by atoms with Gasteiger partial charge >= 0.3 is 0 Å². The van der Waals surface area contributed by atoms with Crippen LogP contribution in [0.25, 0.3) is 10.8 Å². The van der Waals surface area contributed by atoms with Gasteiger partial charge < -0.3 is 10.2 Å². The van der Waals surface area contributed by atoms with Gasteiger partial charge in [-0.05, 0) is 18.4 Å². The topological polar surface area (TPSA) is 15.3 Å². The molecule has 2 heteroatoms. The average Bonchev–Trinajstić information content (AvgIpc) is 2.33. The van der Waals surface area contributed by atoms with E-state index in [4.69, 9.17) is 0 Å². The first-order chi connectivity index (χ1) is 8.40. The molecule has 0 aromatic heterocycles. The van der Waals surface area contributed by atoms with E-state index in [9.17, 15) is 0 Å². The van der Waals surface area contributed by atoms with Crippen molar-refractivity contribution in [2.45, 2.75) is 13.0 Å². The Morgan fingerprint density at radius 3 is 2.59 bits per heavy atom. The Morgan fingerprint density at radius 1 is 1.12 bits per heavy atom. The first kappa shape index (κ1) is 10.6. The average molecular weight is 226 g/mol. The van der Waals surface area contributed by atoms with E-state index in [2.05, 4.69) is 59.6 Å². The van der Waals surface area contributed by atoms with Crippen molar-refractivity contribution in [1.82, 2.24) is 5.32 Å². The number of anilines is 1. The van der Waals surface area contributed by atoms with Crippen molar-refractivity contribution in [2.75, 3.05) is 24.5 Å². The van der Waals surface area contributed by atoms with Crippen LogP contribution in [0.3, 0.4) is 0 Å². The molecule has 88 valence electrons. The summed E-state index contributed by atoms with van der Waals surface area (Å²) in [5, 5.41) is 6.05. The molecule has 1 aliphatic heterocycles. The highest BCUT2D eigenvalue weighted by molar-refractivity contribution is 5.94. The normalized spacial score (nSPS) is 15.8. The van der Waals surface area contributed by atoms with Crippen molar-refractivity contribution < 1.29 is 0 Å². The van der Waals surface area contributed by atoms with Crippen LogP contribution in [0.1, 0.15) is 6.92 Å². The lowest BCUT2D eigenvalue weighted by Gasteiger charge is -2.39. The van der Waals surface area contributed by atoms with E-state index in [1.807, 2.05) is 0 Å². The van der Waals surface area contributed by atoms with Gasteiger partial charge in [0.1, 0.15) is 0 Å². The molecule has 17 heavy (non-hydrogen) atoms. The SMILES string of the molecule is CCN(c1cccc2ccccc12)C1CNC1. The summed E-state index contributed by atoms with van der Waals surface area (Å²) < 4.78 is 0. The van der Waals surface area contributed by atoms with Gasteiger partial charge in [-0.3, -0.25) is 0 Å². The number of likely N-dealkylation sites (N-methyl/N-ethyl adjacent to an activating group) is 1. The predicted molar refractivity (Wildman–Crippen MR) is 73.6 cm³/mol. The summed E-state index contributed by atoms with van der Waals surface area (Å²) in [5.41, 5.74) is 1.37. The second kappa shape index (κ2) is 4.38. The van der Waals surface area contributed by atoms with Crippen LogP contribution < -0.4 is 10.2 Å². The van der Waals surface area contributed by atoms with Crippen molar-refractivity contribution in [3.63, 3.8) is 0 Å². The Kier molecular flexibility index (Phi) is 2.73.